The van der Waals surface area contributed by atoms with Gasteiger partial charge in [-0.3, -0.25) is 4.79 Å². The zero-order chi connectivity index (χ0) is 24.9. The minimum absolute atomic E-state index is 0.127. The van der Waals surface area contributed by atoms with Crippen LogP contribution in [0.15, 0.2) is 91.0 Å². The Morgan fingerprint density at radius 1 is 0.722 bits per heavy atom. The molecule has 1 aliphatic rings. The lowest BCUT2D eigenvalue weighted by atomic mass is 9.99. The molecule has 6 heteroatoms. The molecule has 6 nitrogen and oxygen atoms in total. The molecule has 1 amide bonds. The van der Waals surface area contributed by atoms with Crippen LogP contribution < -0.4 is 9.47 Å². The molecule has 0 N–H and O–H groups in total. The number of fused-ring (bicyclic) bond motifs is 1. The quantitative estimate of drug-likeness (QED) is 0.345. The number of amides is 1. The van der Waals surface area contributed by atoms with Gasteiger partial charge in [0, 0.05) is 19.2 Å². The highest BCUT2D eigenvalue weighted by Gasteiger charge is 2.25. The molecule has 4 aromatic rings. The fourth-order valence-electron chi connectivity index (χ4n) is 4.12. The Labute approximate surface area is 209 Å². The van der Waals surface area contributed by atoms with Gasteiger partial charge in [0.25, 0.3) is 5.91 Å². The van der Waals surface area contributed by atoms with Crippen LogP contribution in [0.25, 0.3) is 0 Å². The molecule has 1 heterocycles. The first kappa shape index (κ1) is 22.7. The van der Waals surface area contributed by atoms with E-state index in [2.05, 4.69) is 24.3 Å². The van der Waals surface area contributed by atoms with Crippen molar-refractivity contribution in [3.63, 3.8) is 0 Å². The second-order valence-corrected chi connectivity index (χ2v) is 8.38. The van der Waals surface area contributed by atoms with Crippen molar-refractivity contribution in [2.45, 2.75) is 13.0 Å². The largest absolute Gasteiger partial charge is 0.457 e. The van der Waals surface area contributed by atoms with E-state index in [1.54, 1.807) is 66.7 Å². The summed E-state index contributed by atoms with van der Waals surface area (Å²) in [7, 11) is 0. The molecule has 0 atom stereocenters. The van der Waals surface area contributed by atoms with Crippen molar-refractivity contribution in [2.75, 3.05) is 6.54 Å². The van der Waals surface area contributed by atoms with Gasteiger partial charge in [0.05, 0.1) is 28.8 Å². The zero-order valence-electron chi connectivity index (χ0n) is 19.3. The van der Waals surface area contributed by atoms with E-state index in [-0.39, 0.29) is 5.91 Å². The smallest absolute Gasteiger partial charge is 0.257 e. The maximum Gasteiger partial charge on any atom is 0.257 e. The van der Waals surface area contributed by atoms with Crippen LogP contribution in [-0.2, 0) is 13.0 Å². The molecule has 0 saturated heterocycles. The third-order valence-corrected chi connectivity index (χ3v) is 6.03. The summed E-state index contributed by atoms with van der Waals surface area (Å²) in [5.41, 5.74) is 3.89. The lowest BCUT2D eigenvalue weighted by Crippen LogP contribution is -2.36. The predicted octanol–water partition coefficient (Wildman–Crippen LogP) is 6.21. The van der Waals surface area contributed by atoms with E-state index in [0.29, 0.717) is 52.8 Å². The van der Waals surface area contributed by atoms with Crippen molar-refractivity contribution in [1.29, 1.82) is 10.5 Å². The normalized spacial score (nSPS) is 12.1. The summed E-state index contributed by atoms with van der Waals surface area (Å²) in [6, 6.07) is 30.9. The number of nitrogens with zero attached hydrogens (tertiary/aromatic N) is 3. The zero-order valence-corrected chi connectivity index (χ0v) is 19.3. The molecule has 0 saturated carbocycles. The summed E-state index contributed by atoms with van der Waals surface area (Å²) in [6.45, 7) is 1.16. The molecule has 0 fully saturated rings. The SMILES string of the molecule is N#Cc1ccc(Oc2ccc(C(=O)N3CCc4ccccc4C3)c(Oc3ccc(C#N)cc3)c2)cc1. The molecular weight excluding hydrogens is 450 g/mol. The number of hydrogen-bond donors (Lipinski definition) is 0. The van der Waals surface area contributed by atoms with Gasteiger partial charge in [-0.15, -0.1) is 0 Å². The first-order valence-corrected chi connectivity index (χ1v) is 11.5. The fraction of sp³-hybridized carbons (Fsp3) is 0.100. The van der Waals surface area contributed by atoms with Crippen LogP contribution in [0.1, 0.15) is 32.6 Å². The summed E-state index contributed by atoms with van der Waals surface area (Å²) >= 11 is 0. The van der Waals surface area contributed by atoms with Gasteiger partial charge in [0.1, 0.15) is 23.0 Å². The minimum atomic E-state index is -0.127. The summed E-state index contributed by atoms with van der Waals surface area (Å²) in [5.74, 6) is 1.78. The first-order valence-electron chi connectivity index (χ1n) is 11.5. The van der Waals surface area contributed by atoms with Crippen molar-refractivity contribution in [3.05, 3.63) is 119 Å². The molecule has 0 unspecified atom stereocenters. The Morgan fingerprint density at radius 3 is 1.94 bits per heavy atom. The van der Waals surface area contributed by atoms with E-state index in [9.17, 15) is 4.79 Å². The van der Waals surface area contributed by atoms with Crippen LogP contribution in [0, 0.1) is 22.7 Å². The molecule has 0 spiro atoms. The van der Waals surface area contributed by atoms with E-state index in [1.807, 2.05) is 17.0 Å². The second kappa shape index (κ2) is 10.0. The van der Waals surface area contributed by atoms with Crippen molar-refractivity contribution < 1.29 is 14.3 Å². The van der Waals surface area contributed by atoms with Gasteiger partial charge in [0.15, 0.2) is 0 Å². The number of rotatable bonds is 5. The predicted molar refractivity (Wildman–Crippen MR) is 134 cm³/mol. The molecule has 0 aliphatic carbocycles. The molecule has 5 rings (SSSR count). The third kappa shape index (κ3) is 4.89. The Balaban J connectivity index is 1.45. The molecule has 174 valence electrons. The van der Waals surface area contributed by atoms with Gasteiger partial charge < -0.3 is 14.4 Å². The van der Waals surface area contributed by atoms with E-state index in [0.717, 1.165) is 12.0 Å². The summed E-state index contributed by atoms with van der Waals surface area (Å²) in [5, 5.41) is 18.1. The monoisotopic (exact) mass is 471 g/mol. The number of carbonyl (C=O) groups is 1. The number of ether oxygens (including phenoxy) is 2. The Bertz CT molecular complexity index is 1500. The molecular formula is C30H21N3O3. The van der Waals surface area contributed by atoms with Gasteiger partial charge in [-0.05, 0) is 78.2 Å². The summed E-state index contributed by atoms with van der Waals surface area (Å²) in [4.78, 5) is 15.4. The van der Waals surface area contributed by atoms with Crippen LogP contribution in [-0.4, -0.2) is 17.4 Å². The Hall–Kier alpha value is -5.07. The Morgan fingerprint density at radius 2 is 1.31 bits per heavy atom. The Kier molecular flexibility index (Phi) is 6.34. The first-order chi connectivity index (χ1) is 17.6. The van der Waals surface area contributed by atoms with E-state index in [4.69, 9.17) is 20.0 Å². The third-order valence-electron chi connectivity index (χ3n) is 6.03. The second-order valence-electron chi connectivity index (χ2n) is 8.38. The maximum atomic E-state index is 13.6. The highest BCUT2D eigenvalue weighted by atomic mass is 16.5. The molecule has 0 bridgehead atoms. The number of benzene rings is 4. The lowest BCUT2D eigenvalue weighted by molar-refractivity contribution is 0.0732. The summed E-state index contributed by atoms with van der Waals surface area (Å²) in [6.07, 6.45) is 0.799. The highest BCUT2D eigenvalue weighted by molar-refractivity contribution is 5.97. The number of hydrogen-bond acceptors (Lipinski definition) is 5. The van der Waals surface area contributed by atoms with Crippen LogP contribution in [0.5, 0.6) is 23.0 Å². The van der Waals surface area contributed by atoms with Crippen molar-refractivity contribution in [1.82, 2.24) is 4.90 Å². The van der Waals surface area contributed by atoms with E-state index >= 15 is 0 Å². The molecule has 1 aliphatic heterocycles. The summed E-state index contributed by atoms with van der Waals surface area (Å²) < 4.78 is 12.1. The van der Waals surface area contributed by atoms with Crippen LogP contribution in [0.2, 0.25) is 0 Å². The van der Waals surface area contributed by atoms with Crippen molar-refractivity contribution in [2.24, 2.45) is 0 Å². The number of nitriles is 2. The van der Waals surface area contributed by atoms with Gasteiger partial charge in [-0.25, -0.2) is 0 Å². The van der Waals surface area contributed by atoms with E-state index in [1.165, 1.54) is 5.56 Å². The fourth-order valence-corrected chi connectivity index (χ4v) is 4.12. The van der Waals surface area contributed by atoms with Crippen molar-refractivity contribution >= 4 is 5.91 Å². The standard InChI is InChI=1S/C30H21N3O3/c31-18-21-5-9-25(10-6-21)35-27-13-14-28(29(17-27)36-26-11-7-22(19-32)8-12-26)30(34)33-16-15-23-3-1-2-4-24(23)20-33/h1-14,17H,15-16,20H2. The number of carbonyl (C=O) groups excluding carboxylic acids is 1. The highest BCUT2D eigenvalue weighted by Crippen LogP contribution is 2.33. The van der Waals surface area contributed by atoms with Crippen molar-refractivity contribution in [3.8, 4) is 35.1 Å². The molecule has 0 radical (unpaired) electrons. The van der Waals surface area contributed by atoms with Gasteiger partial charge in [-0.1, -0.05) is 24.3 Å². The average molecular weight is 472 g/mol. The van der Waals surface area contributed by atoms with Gasteiger partial charge in [0.2, 0.25) is 0 Å². The maximum absolute atomic E-state index is 13.6. The molecule has 4 aromatic carbocycles. The minimum Gasteiger partial charge on any atom is -0.457 e. The topological polar surface area (TPSA) is 86.3 Å². The van der Waals surface area contributed by atoms with Gasteiger partial charge >= 0.3 is 0 Å². The van der Waals surface area contributed by atoms with E-state index < -0.39 is 0 Å². The molecule has 36 heavy (non-hydrogen) atoms. The lowest BCUT2D eigenvalue weighted by Gasteiger charge is -2.29. The van der Waals surface area contributed by atoms with Crippen LogP contribution in [0.3, 0.4) is 0 Å². The molecule has 0 aromatic heterocycles. The van der Waals surface area contributed by atoms with Crippen LogP contribution >= 0.6 is 0 Å². The van der Waals surface area contributed by atoms with Gasteiger partial charge in [-0.2, -0.15) is 10.5 Å². The average Bonchev–Trinajstić information content (AvgIpc) is 2.93. The van der Waals surface area contributed by atoms with Crippen LogP contribution in [0.4, 0.5) is 0 Å².